The number of nitrogens with one attached hydrogen (secondary N) is 1. The molecule has 0 saturated carbocycles. The Hall–Kier alpha value is -1.41. The lowest BCUT2D eigenvalue weighted by molar-refractivity contribution is -0.870. The predicted molar refractivity (Wildman–Crippen MR) is 84.0 cm³/mol. The van der Waals surface area contributed by atoms with Crippen LogP contribution in [-0.4, -0.2) is 51.9 Å². The first-order chi connectivity index (χ1) is 10.0. The van der Waals surface area contributed by atoms with Gasteiger partial charge in [-0.1, -0.05) is 6.07 Å². The van der Waals surface area contributed by atoms with Gasteiger partial charge in [-0.05, 0) is 23.3 Å². The van der Waals surface area contributed by atoms with Crippen molar-refractivity contribution in [3.8, 4) is 0 Å². The summed E-state index contributed by atoms with van der Waals surface area (Å²) in [6, 6.07) is 6.56. The van der Waals surface area contributed by atoms with Crippen molar-refractivity contribution in [1.29, 1.82) is 0 Å². The normalized spacial score (nSPS) is 11.6. The van der Waals surface area contributed by atoms with Gasteiger partial charge in [0.2, 0.25) is 0 Å². The Labute approximate surface area is 148 Å². The second-order valence-electron chi connectivity index (χ2n) is 6.55. The zero-order valence-corrected chi connectivity index (χ0v) is 15.4. The minimum atomic E-state index is 0. The Morgan fingerprint density at radius 1 is 1.23 bits per heavy atom. The van der Waals surface area contributed by atoms with Crippen LogP contribution in [0.3, 0.4) is 0 Å². The van der Waals surface area contributed by atoms with Crippen LogP contribution in [0.1, 0.15) is 11.1 Å². The van der Waals surface area contributed by atoms with E-state index in [1.54, 1.807) is 12.7 Å². The average molecular weight is 411 g/mol. The third-order valence-corrected chi connectivity index (χ3v) is 3.69. The number of benzene rings is 1. The number of rotatable bonds is 5. The van der Waals surface area contributed by atoms with Gasteiger partial charge in [0.25, 0.3) is 0 Å². The summed E-state index contributed by atoms with van der Waals surface area (Å²) in [6.07, 6.45) is 6.54. The highest BCUT2D eigenvalue weighted by molar-refractivity contribution is 5.83. The van der Waals surface area contributed by atoms with Crippen LogP contribution in [0.5, 0.6) is 0 Å². The summed E-state index contributed by atoms with van der Waals surface area (Å²) in [5.41, 5.74) is 3.84. The number of quaternary nitrogens is 1. The zero-order chi connectivity index (χ0) is 14.9. The average Bonchev–Trinajstić information content (AvgIpc) is 3.05. The molecule has 2 heterocycles. The molecule has 0 aliphatic rings. The monoisotopic (exact) mass is 411 g/mol. The van der Waals surface area contributed by atoms with Crippen LogP contribution >= 0.6 is 0 Å². The molecule has 2 aromatic heterocycles. The van der Waals surface area contributed by atoms with Gasteiger partial charge in [0.1, 0.15) is 12.7 Å². The summed E-state index contributed by atoms with van der Waals surface area (Å²) in [7, 11) is 6.68. The minimum absolute atomic E-state index is 0. The maximum absolute atomic E-state index is 4.17. The maximum Gasteiger partial charge on any atom is 0.137 e. The number of hydrogen-bond donors (Lipinski definition) is 1. The lowest BCUT2D eigenvalue weighted by atomic mass is 10.1. The van der Waals surface area contributed by atoms with Crippen molar-refractivity contribution in [1.82, 2.24) is 19.7 Å². The van der Waals surface area contributed by atoms with E-state index in [2.05, 4.69) is 60.6 Å². The second kappa shape index (κ2) is 6.78. The van der Waals surface area contributed by atoms with E-state index < -0.39 is 0 Å². The highest BCUT2D eigenvalue weighted by atomic mass is 127. The first-order valence-electron chi connectivity index (χ1n) is 7.23. The van der Waals surface area contributed by atoms with Crippen LogP contribution in [0.25, 0.3) is 10.9 Å². The third kappa shape index (κ3) is 4.07. The van der Waals surface area contributed by atoms with Gasteiger partial charge in [0, 0.05) is 23.5 Å². The molecule has 6 heteroatoms. The third-order valence-electron chi connectivity index (χ3n) is 3.69. The van der Waals surface area contributed by atoms with Gasteiger partial charge in [0.05, 0.1) is 34.2 Å². The number of halogens is 1. The van der Waals surface area contributed by atoms with Gasteiger partial charge in [-0.15, -0.1) is 0 Å². The van der Waals surface area contributed by atoms with Gasteiger partial charge in [-0.25, -0.2) is 9.67 Å². The number of aromatic nitrogens is 4. The molecule has 0 radical (unpaired) electrons. The number of nitrogens with zero attached hydrogens (tertiary/aromatic N) is 4. The molecule has 0 fully saturated rings. The highest BCUT2D eigenvalue weighted by Crippen LogP contribution is 2.21. The molecular formula is C16H22IN5. The van der Waals surface area contributed by atoms with Crippen molar-refractivity contribution < 1.29 is 28.5 Å². The van der Waals surface area contributed by atoms with Gasteiger partial charge in [0.15, 0.2) is 0 Å². The minimum Gasteiger partial charge on any atom is -1.00 e. The molecule has 0 aliphatic heterocycles. The van der Waals surface area contributed by atoms with E-state index in [9.17, 15) is 0 Å². The summed E-state index contributed by atoms with van der Waals surface area (Å²) in [5.74, 6) is 0. The summed E-state index contributed by atoms with van der Waals surface area (Å²) in [6.45, 7) is 1.89. The van der Waals surface area contributed by atoms with Crippen molar-refractivity contribution in [3.05, 3.63) is 48.2 Å². The predicted octanol–water partition coefficient (Wildman–Crippen LogP) is -0.940. The Kier molecular flexibility index (Phi) is 5.23. The summed E-state index contributed by atoms with van der Waals surface area (Å²) in [4.78, 5) is 7.36. The van der Waals surface area contributed by atoms with Crippen LogP contribution in [0.15, 0.2) is 37.1 Å². The molecule has 0 bridgehead atoms. The number of H-pyrrole nitrogens is 1. The molecule has 1 N–H and O–H groups in total. The van der Waals surface area contributed by atoms with Crippen molar-refractivity contribution >= 4 is 10.9 Å². The molecule has 118 valence electrons. The molecule has 0 spiro atoms. The van der Waals surface area contributed by atoms with E-state index in [0.29, 0.717) is 0 Å². The van der Waals surface area contributed by atoms with Gasteiger partial charge in [-0.3, -0.25) is 0 Å². The fraction of sp³-hybridized carbons (Fsp3) is 0.375. The molecule has 3 aromatic rings. The smallest absolute Gasteiger partial charge is 0.137 e. The molecular weight excluding hydrogens is 389 g/mol. The molecule has 0 saturated heterocycles. The molecule has 22 heavy (non-hydrogen) atoms. The van der Waals surface area contributed by atoms with Crippen LogP contribution in [0.4, 0.5) is 0 Å². The van der Waals surface area contributed by atoms with Gasteiger partial charge >= 0.3 is 0 Å². The maximum atomic E-state index is 4.17. The number of likely N-dealkylation sites (N-methyl/N-ethyl adjacent to an activating group) is 1. The summed E-state index contributed by atoms with van der Waals surface area (Å²) < 4.78 is 2.82. The standard InChI is InChI=1S/C16H22N5.HI/c1-21(2,3)7-6-14-9-18-16-5-4-13(8-15(14)16)10-20-12-17-11-19-20;/h4-5,8-9,11-12,18H,6-7,10H2,1-3H3;1H/q+1;/p-1. The van der Waals surface area contributed by atoms with Crippen molar-refractivity contribution in [2.75, 3.05) is 27.7 Å². The molecule has 0 aliphatic carbocycles. The second-order valence-corrected chi connectivity index (χ2v) is 6.55. The lowest BCUT2D eigenvalue weighted by Crippen LogP contribution is -3.00. The van der Waals surface area contributed by atoms with Crippen LogP contribution in [0.2, 0.25) is 0 Å². The summed E-state index contributed by atoms with van der Waals surface area (Å²) >= 11 is 0. The topological polar surface area (TPSA) is 46.5 Å². The quantitative estimate of drug-likeness (QED) is 0.435. The SMILES string of the molecule is C[N+](C)(C)CCc1c[nH]c2ccc(Cn3cncn3)cc12.[I-]. The van der Waals surface area contributed by atoms with E-state index in [1.807, 2.05) is 4.68 Å². The molecule has 0 unspecified atom stereocenters. The van der Waals surface area contributed by atoms with Crippen molar-refractivity contribution in [3.63, 3.8) is 0 Å². The number of fused-ring (bicyclic) bond motifs is 1. The van der Waals surface area contributed by atoms with Crippen LogP contribution in [0, 0.1) is 0 Å². The summed E-state index contributed by atoms with van der Waals surface area (Å²) in [5, 5.41) is 5.49. The Bertz CT molecular complexity index is 725. The van der Waals surface area contributed by atoms with Crippen molar-refractivity contribution in [2.24, 2.45) is 0 Å². The van der Waals surface area contributed by atoms with E-state index in [4.69, 9.17) is 0 Å². The van der Waals surface area contributed by atoms with E-state index in [-0.39, 0.29) is 24.0 Å². The van der Waals surface area contributed by atoms with E-state index in [0.717, 1.165) is 24.0 Å². The molecule has 5 nitrogen and oxygen atoms in total. The number of hydrogen-bond acceptors (Lipinski definition) is 2. The van der Waals surface area contributed by atoms with Crippen LogP contribution < -0.4 is 24.0 Å². The lowest BCUT2D eigenvalue weighted by Gasteiger charge is -2.23. The van der Waals surface area contributed by atoms with E-state index >= 15 is 0 Å². The van der Waals surface area contributed by atoms with Crippen molar-refractivity contribution in [2.45, 2.75) is 13.0 Å². The molecule has 0 amide bonds. The fourth-order valence-corrected chi connectivity index (χ4v) is 2.49. The number of aromatic amines is 1. The molecule has 0 atom stereocenters. The Balaban J connectivity index is 0.00000176. The van der Waals surface area contributed by atoms with Gasteiger partial charge in [-0.2, -0.15) is 5.10 Å². The largest absolute Gasteiger partial charge is 1.00 e. The molecule has 3 rings (SSSR count). The van der Waals surface area contributed by atoms with Crippen LogP contribution in [-0.2, 0) is 13.0 Å². The zero-order valence-electron chi connectivity index (χ0n) is 13.3. The van der Waals surface area contributed by atoms with E-state index in [1.165, 1.54) is 22.0 Å². The highest BCUT2D eigenvalue weighted by Gasteiger charge is 2.11. The fourth-order valence-electron chi connectivity index (χ4n) is 2.49. The first-order valence-corrected chi connectivity index (χ1v) is 7.23. The first kappa shape index (κ1) is 17.0. The Morgan fingerprint density at radius 2 is 2.05 bits per heavy atom. The Morgan fingerprint density at radius 3 is 2.73 bits per heavy atom. The molecule has 1 aromatic carbocycles. The van der Waals surface area contributed by atoms with Gasteiger partial charge < -0.3 is 33.4 Å².